The van der Waals surface area contributed by atoms with Crippen molar-refractivity contribution >= 4 is 59.6 Å². The van der Waals surface area contributed by atoms with Crippen LogP contribution in [0.15, 0.2) is 46.3 Å². The molecule has 0 fully saturated rings. The van der Waals surface area contributed by atoms with E-state index in [0.29, 0.717) is 0 Å². The van der Waals surface area contributed by atoms with Crippen LogP contribution < -0.4 is 5.32 Å². The van der Waals surface area contributed by atoms with Crippen LogP contribution in [0.25, 0.3) is 9.40 Å². The van der Waals surface area contributed by atoms with E-state index in [1.165, 1.54) is 11.3 Å². The highest BCUT2D eigenvalue weighted by Crippen LogP contribution is 2.31. The van der Waals surface area contributed by atoms with Crippen molar-refractivity contribution in [1.29, 1.82) is 0 Å². The van der Waals surface area contributed by atoms with Crippen LogP contribution in [0.1, 0.15) is 9.67 Å². The first-order valence-electron chi connectivity index (χ1n) is 5.27. The van der Waals surface area contributed by atoms with Crippen LogP contribution in [0, 0.1) is 0 Å². The normalized spacial score (nSPS) is 10.7. The minimum Gasteiger partial charge on any atom is -0.320 e. The van der Waals surface area contributed by atoms with Crippen molar-refractivity contribution < 1.29 is 4.79 Å². The zero-order chi connectivity index (χ0) is 12.5. The van der Waals surface area contributed by atoms with Gasteiger partial charge in [-0.1, -0.05) is 12.1 Å². The Bertz CT molecular complexity index is 688. The van der Waals surface area contributed by atoms with Crippen LogP contribution in [0.4, 0.5) is 5.69 Å². The number of nitrogens with one attached hydrogen (secondary N) is 1. The van der Waals surface area contributed by atoms with E-state index < -0.39 is 0 Å². The minimum absolute atomic E-state index is 0.0599. The highest BCUT2D eigenvalue weighted by molar-refractivity contribution is 9.10. The number of amides is 1. The van der Waals surface area contributed by atoms with Crippen LogP contribution in [0.3, 0.4) is 0 Å². The largest absolute Gasteiger partial charge is 0.320 e. The van der Waals surface area contributed by atoms with E-state index in [9.17, 15) is 4.79 Å². The number of hydrogen-bond acceptors (Lipinski definition) is 3. The first-order chi connectivity index (χ1) is 8.74. The summed E-state index contributed by atoms with van der Waals surface area (Å²) in [5.41, 5.74) is 0.791. The van der Waals surface area contributed by atoms with Crippen molar-refractivity contribution in [1.82, 2.24) is 0 Å². The fourth-order valence-electron chi connectivity index (χ4n) is 1.62. The van der Waals surface area contributed by atoms with Gasteiger partial charge in [-0.25, -0.2) is 0 Å². The monoisotopic (exact) mass is 337 g/mol. The molecule has 0 spiro atoms. The van der Waals surface area contributed by atoms with E-state index in [1.807, 2.05) is 41.8 Å². The highest BCUT2D eigenvalue weighted by atomic mass is 79.9. The van der Waals surface area contributed by atoms with Crippen LogP contribution in [0.5, 0.6) is 0 Å². The molecule has 0 saturated heterocycles. The first kappa shape index (κ1) is 11.9. The van der Waals surface area contributed by atoms with Gasteiger partial charge in [0, 0.05) is 13.9 Å². The van der Waals surface area contributed by atoms with E-state index >= 15 is 0 Å². The predicted molar refractivity (Wildman–Crippen MR) is 81.8 cm³/mol. The Hall–Kier alpha value is -1.17. The number of thiophene rings is 2. The number of rotatable bonds is 2. The van der Waals surface area contributed by atoms with Crippen molar-refractivity contribution in [3.05, 3.63) is 51.1 Å². The molecule has 3 aromatic rings. The number of carbonyl (C=O) groups is 1. The Labute approximate surface area is 120 Å². The summed E-state index contributed by atoms with van der Waals surface area (Å²) >= 11 is 6.59. The number of anilines is 1. The Kier molecular flexibility index (Phi) is 3.20. The summed E-state index contributed by atoms with van der Waals surface area (Å²) in [6.45, 7) is 0. The maximum atomic E-state index is 12.1. The fourth-order valence-corrected chi connectivity index (χ4v) is 4.01. The molecule has 90 valence electrons. The summed E-state index contributed by atoms with van der Waals surface area (Å²) in [4.78, 5) is 12.9. The molecule has 3 rings (SSSR count). The molecule has 0 aliphatic heterocycles. The Morgan fingerprint density at radius 1 is 1.17 bits per heavy atom. The maximum Gasteiger partial charge on any atom is 0.265 e. The molecule has 1 amide bonds. The number of carbonyl (C=O) groups excluding carboxylic acids is 1. The number of hydrogen-bond donors (Lipinski definition) is 1. The zero-order valence-corrected chi connectivity index (χ0v) is 12.4. The zero-order valence-electron chi connectivity index (χ0n) is 9.14. The van der Waals surface area contributed by atoms with E-state index in [0.717, 1.165) is 24.4 Å². The molecule has 0 aliphatic carbocycles. The van der Waals surface area contributed by atoms with E-state index in [2.05, 4.69) is 21.2 Å². The van der Waals surface area contributed by atoms with Crippen molar-refractivity contribution in [2.45, 2.75) is 0 Å². The van der Waals surface area contributed by atoms with Gasteiger partial charge in [-0.05, 0) is 45.6 Å². The predicted octanol–water partition coefficient (Wildman–Crippen LogP) is 4.98. The molecular formula is C13H8BrNOS2. The van der Waals surface area contributed by atoms with Gasteiger partial charge in [-0.15, -0.1) is 22.7 Å². The molecular weight excluding hydrogens is 330 g/mol. The molecule has 2 heterocycles. The summed E-state index contributed by atoms with van der Waals surface area (Å²) < 4.78 is 3.21. The Morgan fingerprint density at radius 3 is 2.78 bits per heavy atom. The second-order valence-corrected chi connectivity index (χ2v) is 6.58. The Balaban J connectivity index is 1.87. The topological polar surface area (TPSA) is 29.1 Å². The molecule has 1 N–H and O–H groups in total. The smallest absolute Gasteiger partial charge is 0.265 e. The Morgan fingerprint density at radius 2 is 2.00 bits per heavy atom. The van der Waals surface area contributed by atoms with Gasteiger partial charge in [0.1, 0.15) is 0 Å². The van der Waals surface area contributed by atoms with Gasteiger partial charge in [0.2, 0.25) is 0 Å². The van der Waals surface area contributed by atoms with Gasteiger partial charge in [0.15, 0.2) is 0 Å². The highest BCUT2D eigenvalue weighted by Gasteiger charge is 2.12. The second-order valence-electron chi connectivity index (χ2n) is 3.69. The fraction of sp³-hybridized carbons (Fsp3) is 0. The summed E-state index contributed by atoms with van der Waals surface area (Å²) in [7, 11) is 0. The van der Waals surface area contributed by atoms with Crippen molar-refractivity contribution in [2.75, 3.05) is 5.32 Å². The van der Waals surface area contributed by atoms with Crippen molar-refractivity contribution in [3.63, 3.8) is 0 Å². The van der Waals surface area contributed by atoms with Crippen LogP contribution >= 0.6 is 38.6 Å². The average Bonchev–Trinajstić information content (AvgIpc) is 2.92. The summed E-state index contributed by atoms with van der Waals surface area (Å²) in [6.07, 6.45) is 0. The molecule has 0 atom stereocenters. The molecule has 0 radical (unpaired) electrons. The second kappa shape index (κ2) is 4.84. The molecule has 18 heavy (non-hydrogen) atoms. The summed E-state index contributed by atoms with van der Waals surface area (Å²) in [6, 6.07) is 11.6. The SMILES string of the molecule is O=C(Nc1ccccc1Br)c1cc2sccc2s1. The van der Waals surface area contributed by atoms with Gasteiger partial charge >= 0.3 is 0 Å². The van der Waals surface area contributed by atoms with Gasteiger partial charge < -0.3 is 5.32 Å². The first-order valence-corrected chi connectivity index (χ1v) is 7.76. The lowest BCUT2D eigenvalue weighted by Crippen LogP contribution is -2.10. The van der Waals surface area contributed by atoms with Crippen LogP contribution in [0.2, 0.25) is 0 Å². The third-order valence-corrected chi connectivity index (χ3v) is 5.27. The lowest BCUT2D eigenvalue weighted by molar-refractivity contribution is 0.103. The maximum absolute atomic E-state index is 12.1. The number of para-hydroxylation sites is 1. The van der Waals surface area contributed by atoms with Crippen LogP contribution in [-0.4, -0.2) is 5.91 Å². The average molecular weight is 338 g/mol. The number of fused-ring (bicyclic) bond motifs is 1. The third-order valence-electron chi connectivity index (χ3n) is 2.49. The molecule has 0 bridgehead atoms. The third kappa shape index (κ3) is 2.21. The quantitative estimate of drug-likeness (QED) is 0.702. The van der Waals surface area contributed by atoms with Crippen molar-refractivity contribution in [3.8, 4) is 0 Å². The molecule has 0 saturated carbocycles. The van der Waals surface area contributed by atoms with Crippen molar-refractivity contribution in [2.24, 2.45) is 0 Å². The van der Waals surface area contributed by atoms with E-state index in [-0.39, 0.29) is 5.91 Å². The van der Waals surface area contributed by atoms with E-state index in [1.54, 1.807) is 11.3 Å². The summed E-state index contributed by atoms with van der Waals surface area (Å²) in [5, 5.41) is 4.94. The lowest BCUT2D eigenvalue weighted by atomic mass is 10.3. The van der Waals surface area contributed by atoms with Gasteiger partial charge in [0.25, 0.3) is 5.91 Å². The van der Waals surface area contributed by atoms with Gasteiger partial charge in [-0.3, -0.25) is 4.79 Å². The standard InChI is InChI=1S/C13H8BrNOS2/c14-8-3-1-2-4-9(8)15-13(16)12-7-11-10(18-12)5-6-17-11/h1-7H,(H,15,16). The number of benzene rings is 1. The summed E-state index contributed by atoms with van der Waals surface area (Å²) in [5.74, 6) is -0.0599. The molecule has 2 nitrogen and oxygen atoms in total. The molecule has 0 aliphatic rings. The minimum atomic E-state index is -0.0599. The van der Waals surface area contributed by atoms with Gasteiger partial charge in [0.05, 0.1) is 10.6 Å². The van der Waals surface area contributed by atoms with Crippen LogP contribution in [-0.2, 0) is 0 Å². The molecule has 2 aromatic heterocycles. The molecule has 1 aromatic carbocycles. The lowest BCUT2D eigenvalue weighted by Gasteiger charge is -2.05. The molecule has 0 unspecified atom stereocenters. The van der Waals surface area contributed by atoms with E-state index in [4.69, 9.17) is 0 Å². The van der Waals surface area contributed by atoms with Gasteiger partial charge in [-0.2, -0.15) is 0 Å². The number of halogens is 1. The molecule has 5 heteroatoms.